The Kier molecular flexibility index (Phi) is 6.42. The molecule has 0 bridgehead atoms. The van der Waals surface area contributed by atoms with Gasteiger partial charge in [0.1, 0.15) is 11.9 Å². The normalized spacial score (nSPS) is 15.8. The summed E-state index contributed by atoms with van der Waals surface area (Å²) < 4.78 is 12.3. The molecule has 0 spiro atoms. The third kappa shape index (κ3) is 4.98. The summed E-state index contributed by atoms with van der Waals surface area (Å²) in [6.45, 7) is 2.43. The van der Waals surface area contributed by atoms with Crippen molar-refractivity contribution in [3.63, 3.8) is 0 Å². The molecule has 1 aliphatic heterocycles. The van der Waals surface area contributed by atoms with Gasteiger partial charge < -0.3 is 19.7 Å². The minimum absolute atomic E-state index is 0.0375. The Hall–Kier alpha value is -4.02. The Morgan fingerprint density at radius 3 is 3.08 bits per heavy atom. The second-order valence-corrected chi connectivity index (χ2v) is 10.1. The molecule has 0 saturated carbocycles. The molecule has 1 unspecified atom stereocenters. The average Bonchev–Trinajstić information content (AvgIpc) is 3.58. The highest BCUT2D eigenvalue weighted by Crippen LogP contribution is 2.31. The lowest BCUT2D eigenvalue weighted by Crippen LogP contribution is -2.39. The van der Waals surface area contributed by atoms with Crippen LogP contribution in [0.1, 0.15) is 22.1 Å². The van der Waals surface area contributed by atoms with Crippen LogP contribution in [0, 0.1) is 0 Å². The number of methoxy groups -OCH3 is 1. The zero-order valence-electron chi connectivity index (χ0n) is 20.3. The fraction of sp³-hybridized carbons (Fsp3) is 0.259. The van der Waals surface area contributed by atoms with E-state index in [0.29, 0.717) is 32.1 Å². The maximum Gasteiger partial charge on any atom is 0.226 e. The van der Waals surface area contributed by atoms with Crippen molar-refractivity contribution >= 4 is 44.3 Å². The van der Waals surface area contributed by atoms with Crippen molar-refractivity contribution in [1.29, 1.82) is 0 Å². The van der Waals surface area contributed by atoms with E-state index < -0.39 is 0 Å². The molecule has 9 nitrogen and oxygen atoms in total. The van der Waals surface area contributed by atoms with E-state index >= 15 is 0 Å². The highest BCUT2D eigenvalue weighted by Gasteiger charge is 2.25. The minimum Gasteiger partial charge on any atom is -0.497 e. The van der Waals surface area contributed by atoms with Crippen molar-refractivity contribution in [2.75, 3.05) is 31.7 Å². The van der Waals surface area contributed by atoms with Crippen LogP contribution in [0.25, 0.3) is 21.1 Å². The molecule has 4 heterocycles. The van der Waals surface area contributed by atoms with Gasteiger partial charge in [0.05, 0.1) is 61.4 Å². The number of carbonyl (C=O) groups excluding carboxylic acids is 1. The molecule has 3 aromatic heterocycles. The zero-order valence-corrected chi connectivity index (χ0v) is 21.1. The van der Waals surface area contributed by atoms with E-state index in [4.69, 9.17) is 14.5 Å². The van der Waals surface area contributed by atoms with Gasteiger partial charge in [-0.3, -0.25) is 9.89 Å². The molecule has 1 atom stereocenters. The van der Waals surface area contributed by atoms with Crippen LogP contribution < -0.4 is 15.0 Å². The molecule has 0 radical (unpaired) electrons. The Labute approximate surface area is 217 Å². The number of thiophene rings is 1. The summed E-state index contributed by atoms with van der Waals surface area (Å²) in [6, 6.07) is 15.7. The summed E-state index contributed by atoms with van der Waals surface area (Å²) in [5, 5.41) is 11.3. The third-order valence-corrected chi connectivity index (χ3v) is 7.54. The van der Waals surface area contributed by atoms with Gasteiger partial charge in [-0.05, 0) is 35.4 Å². The lowest BCUT2D eigenvalue weighted by Gasteiger charge is -2.33. The number of anilines is 1. The average molecular weight is 515 g/mol. The number of carbonyl (C=O) groups is 1. The van der Waals surface area contributed by atoms with Gasteiger partial charge in [-0.1, -0.05) is 24.3 Å². The zero-order chi connectivity index (χ0) is 25.2. The summed E-state index contributed by atoms with van der Waals surface area (Å²) in [4.78, 5) is 25.2. The topological polar surface area (TPSA) is 105 Å². The fourth-order valence-electron chi connectivity index (χ4n) is 4.63. The van der Waals surface area contributed by atoms with Gasteiger partial charge in [0.25, 0.3) is 0 Å². The van der Waals surface area contributed by atoms with Crippen LogP contribution in [0.15, 0.2) is 60.9 Å². The lowest BCUT2D eigenvalue weighted by atomic mass is 10.0. The maximum absolute atomic E-state index is 12.5. The molecule has 37 heavy (non-hydrogen) atoms. The van der Waals surface area contributed by atoms with Crippen molar-refractivity contribution < 1.29 is 14.3 Å². The van der Waals surface area contributed by atoms with Crippen LogP contribution in [0.3, 0.4) is 0 Å². The molecule has 188 valence electrons. The SMILES string of the molecule is COc1cccc(CC(=O)NCc2cc3nc(N4CCOC(c5cccc6[nH]ncc56)C4)ncc3s2)c1. The predicted molar refractivity (Wildman–Crippen MR) is 143 cm³/mol. The first kappa shape index (κ1) is 23.4. The largest absolute Gasteiger partial charge is 0.497 e. The number of aromatic nitrogens is 4. The standard InChI is InChI=1S/C27H26N6O3S/c1-35-18-5-2-4-17(10-18)11-26(34)28-13-19-12-23-25(37-19)15-29-27(31-23)33-8-9-36-24(16-33)20-6-3-7-22-21(20)14-30-32-22/h2-7,10,12,14-15,24H,8-9,11,13,16H2,1H3,(H,28,34)(H,30,32). The third-order valence-electron chi connectivity index (χ3n) is 6.48. The second-order valence-electron chi connectivity index (χ2n) is 8.92. The maximum atomic E-state index is 12.5. The Balaban J connectivity index is 1.12. The van der Waals surface area contributed by atoms with E-state index in [9.17, 15) is 4.79 Å². The Morgan fingerprint density at radius 2 is 2.16 bits per heavy atom. The van der Waals surface area contributed by atoms with Gasteiger partial charge in [-0.15, -0.1) is 11.3 Å². The molecule has 1 fully saturated rings. The van der Waals surface area contributed by atoms with E-state index in [1.54, 1.807) is 18.4 Å². The number of amides is 1. The number of nitrogens with one attached hydrogen (secondary N) is 2. The Bertz CT molecular complexity index is 1560. The number of nitrogens with zero attached hydrogens (tertiary/aromatic N) is 4. The first-order valence-corrected chi connectivity index (χ1v) is 12.9. The molecule has 1 aliphatic rings. The number of morpholine rings is 1. The van der Waals surface area contributed by atoms with Crippen LogP contribution in [0.5, 0.6) is 5.75 Å². The van der Waals surface area contributed by atoms with Crippen LogP contribution in [-0.2, 0) is 22.5 Å². The highest BCUT2D eigenvalue weighted by atomic mass is 32.1. The summed E-state index contributed by atoms with van der Waals surface area (Å²) in [6.07, 6.45) is 3.92. The first-order valence-electron chi connectivity index (χ1n) is 12.1. The van der Waals surface area contributed by atoms with Gasteiger partial charge in [-0.25, -0.2) is 9.97 Å². The number of ether oxygens (including phenoxy) is 2. The van der Waals surface area contributed by atoms with Crippen LogP contribution in [0.4, 0.5) is 5.95 Å². The number of fused-ring (bicyclic) bond motifs is 2. The second kappa shape index (κ2) is 10.2. The molecule has 10 heteroatoms. The van der Waals surface area contributed by atoms with Crippen molar-refractivity contribution in [2.24, 2.45) is 0 Å². The van der Waals surface area contributed by atoms with Crippen LogP contribution >= 0.6 is 11.3 Å². The van der Waals surface area contributed by atoms with E-state index in [1.165, 1.54) is 0 Å². The first-order chi connectivity index (χ1) is 18.2. The molecule has 1 saturated heterocycles. The van der Waals surface area contributed by atoms with Crippen molar-refractivity contribution in [2.45, 2.75) is 19.1 Å². The van der Waals surface area contributed by atoms with Crippen LogP contribution in [0.2, 0.25) is 0 Å². The van der Waals surface area contributed by atoms with E-state index in [0.717, 1.165) is 49.4 Å². The molecule has 2 N–H and O–H groups in total. The number of benzene rings is 2. The number of hydrogen-bond acceptors (Lipinski definition) is 8. The van der Waals surface area contributed by atoms with Gasteiger partial charge >= 0.3 is 0 Å². The van der Waals surface area contributed by atoms with Gasteiger partial charge in [-0.2, -0.15) is 5.10 Å². The molecule has 2 aromatic carbocycles. The van der Waals surface area contributed by atoms with E-state index in [2.05, 4.69) is 31.5 Å². The monoisotopic (exact) mass is 514 g/mol. The van der Waals surface area contributed by atoms with Gasteiger partial charge in [0.15, 0.2) is 0 Å². The molecule has 5 aromatic rings. The number of aromatic amines is 1. The van der Waals surface area contributed by atoms with E-state index in [1.807, 2.05) is 54.9 Å². The highest BCUT2D eigenvalue weighted by molar-refractivity contribution is 7.18. The molecule has 0 aliphatic carbocycles. The van der Waals surface area contributed by atoms with Crippen LogP contribution in [-0.4, -0.2) is 52.9 Å². The fourth-order valence-corrected chi connectivity index (χ4v) is 5.54. The van der Waals surface area contributed by atoms with Gasteiger partial charge in [0.2, 0.25) is 11.9 Å². The summed E-state index contributed by atoms with van der Waals surface area (Å²) in [5.41, 5.74) is 3.90. The van der Waals surface area contributed by atoms with Crippen molar-refractivity contribution in [3.05, 3.63) is 76.9 Å². The van der Waals surface area contributed by atoms with Gasteiger partial charge in [0, 0.05) is 16.8 Å². The number of H-pyrrole nitrogens is 1. The quantitative estimate of drug-likeness (QED) is 0.338. The lowest BCUT2D eigenvalue weighted by molar-refractivity contribution is -0.120. The molecular weight excluding hydrogens is 488 g/mol. The van der Waals surface area contributed by atoms with E-state index in [-0.39, 0.29) is 12.0 Å². The molecule has 6 rings (SSSR count). The summed E-state index contributed by atoms with van der Waals surface area (Å²) in [5.74, 6) is 1.39. The minimum atomic E-state index is -0.0906. The predicted octanol–water partition coefficient (Wildman–Crippen LogP) is 4.01. The Morgan fingerprint density at radius 1 is 1.24 bits per heavy atom. The number of hydrogen-bond donors (Lipinski definition) is 2. The summed E-state index contributed by atoms with van der Waals surface area (Å²) in [7, 11) is 1.62. The van der Waals surface area contributed by atoms with Crippen molar-refractivity contribution in [3.8, 4) is 5.75 Å². The summed E-state index contributed by atoms with van der Waals surface area (Å²) >= 11 is 1.59. The van der Waals surface area contributed by atoms with Crippen molar-refractivity contribution in [1.82, 2.24) is 25.5 Å². The smallest absolute Gasteiger partial charge is 0.226 e. The number of rotatable bonds is 7. The molecule has 1 amide bonds. The molecular formula is C27H26N6O3S.